The standard InChI is InChI=1S/C19H21N7OS/c1-11-10-28-17-15(11)16(23-14-7-5-6-13(22-14)19(2,3)27)24-18(25-17)21-12-8-20-26(4)9-12/h5-10,27H,1-4H3,(H2,21,22,23,24,25). The van der Waals surface area contributed by atoms with Crippen LogP contribution in [0.2, 0.25) is 0 Å². The zero-order valence-electron chi connectivity index (χ0n) is 16.1. The highest BCUT2D eigenvalue weighted by Crippen LogP contribution is 2.32. The third-order valence-electron chi connectivity index (χ3n) is 4.20. The van der Waals surface area contributed by atoms with Crippen molar-refractivity contribution < 1.29 is 5.11 Å². The number of aromatic nitrogens is 5. The second-order valence-electron chi connectivity index (χ2n) is 7.11. The lowest BCUT2D eigenvalue weighted by Crippen LogP contribution is -2.17. The van der Waals surface area contributed by atoms with Gasteiger partial charge in [-0.05, 0) is 43.8 Å². The maximum absolute atomic E-state index is 10.2. The summed E-state index contributed by atoms with van der Waals surface area (Å²) in [5.74, 6) is 1.75. The molecule has 28 heavy (non-hydrogen) atoms. The van der Waals surface area contributed by atoms with Crippen LogP contribution < -0.4 is 10.6 Å². The summed E-state index contributed by atoms with van der Waals surface area (Å²) >= 11 is 1.56. The fraction of sp³-hybridized carbons (Fsp3) is 0.263. The van der Waals surface area contributed by atoms with Crippen molar-refractivity contribution in [3.63, 3.8) is 0 Å². The van der Waals surface area contributed by atoms with Gasteiger partial charge in [0.1, 0.15) is 22.1 Å². The lowest BCUT2D eigenvalue weighted by atomic mass is 10.1. The quantitative estimate of drug-likeness (QED) is 0.472. The fourth-order valence-electron chi connectivity index (χ4n) is 2.81. The minimum Gasteiger partial charge on any atom is -0.384 e. The Bertz CT molecular complexity index is 1140. The molecule has 4 aromatic heterocycles. The van der Waals surface area contributed by atoms with Crippen LogP contribution in [0.15, 0.2) is 36.0 Å². The summed E-state index contributed by atoms with van der Waals surface area (Å²) in [7, 11) is 1.85. The number of thiophene rings is 1. The first-order chi connectivity index (χ1) is 13.3. The van der Waals surface area contributed by atoms with Crippen LogP contribution >= 0.6 is 11.3 Å². The molecule has 0 aliphatic carbocycles. The molecule has 0 spiro atoms. The number of aliphatic hydroxyl groups is 1. The molecule has 4 aromatic rings. The van der Waals surface area contributed by atoms with Gasteiger partial charge in [-0.25, -0.2) is 9.97 Å². The topological polar surface area (TPSA) is 101 Å². The average Bonchev–Trinajstić information content (AvgIpc) is 3.20. The molecule has 0 amide bonds. The van der Waals surface area contributed by atoms with Crippen molar-refractivity contribution >= 4 is 44.8 Å². The summed E-state index contributed by atoms with van der Waals surface area (Å²) in [4.78, 5) is 14.7. The lowest BCUT2D eigenvalue weighted by molar-refractivity contribution is 0.0740. The van der Waals surface area contributed by atoms with Gasteiger partial charge in [-0.15, -0.1) is 11.3 Å². The maximum atomic E-state index is 10.2. The minimum atomic E-state index is -1.02. The monoisotopic (exact) mass is 395 g/mol. The van der Waals surface area contributed by atoms with Gasteiger partial charge in [0.05, 0.1) is 23.0 Å². The van der Waals surface area contributed by atoms with E-state index in [-0.39, 0.29) is 0 Å². The van der Waals surface area contributed by atoms with Gasteiger partial charge in [-0.1, -0.05) is 6.07 Å². The Labute approximate surface area is 166 Å². The Hall–Kier alpha value is -3.04. The average molecular weight is 395 g/mol. The van der Waals surface area contributed by atoms with Crippen LogP contribution in [0.25, 0.3) is 10.2 Å². The SMILES string of the molecule is Cc1csc2nc(Nc3cnn(C)c3)nc(Nc3cccc(C(C)(C)O)n3)c12. The molecule has 0 bridgehead atoms. The number of hydrogen-bond donors (Lipinski definition) is 3. The van der Waals surface area contributed by atoms with Gasteiger partial charge in [0.2, 0.25) is 5.95 Å². The van der Waals surface area contributed by atoms with E-state index >= 15 is 0 Å². The van der Waals surface area contributed by atoms with Crippen molar-refractivity contribution in [1.29, 1.82) is 0 Å². The number of hydrogen-bond acceptors (Lipinski definition) is 8. The minimum absolute atomic E-state index is 0.475. The Kier molecular flexibility index (Phi) is 4.48. The highest BCUT2D eigenvalue weighted by Gasteiger charge is 2.19. The van der Waals surface area contributed by atoms with E-state index in [2.05, 4.69) is 36.1 Å². The van der Waals surface area contributed by atoms with Crippen LogP contribution in [0.1, 0.15) is 25.1 Å². The third-order valence-corrected chi connectivity index (χ3v) is 5.19. The van der Waals surface area contributed by atoms with Gasteiger partial charge in [0.25, 0.3) is 0 Å². The van der Waals surface area contributed by atoms with E-state index in [1.807, 2.05) is 32.3 Å². The first kappa shape index (κ1) is 18.3. The highest BCUT2D eigenvalue weighted by atomic mass is 32.1. The van der Waals surface area contributed by atoms with Crippen LogP contribution in [0.4, 0.5) is 23.3 Å². The molecule has 0 saturated carbocycles. The van der Waals surface area contributed by atoms with E-state index in [0.29, 0.717) is 23.3 Å². The van der Waals surface area contributed by atoms with Gasteiger partial charge in [-0.3, -0.25) is 4.68 Å². The Morgan fingerprint density at radius 1 is 1.14 bits per heavy atom. The Morgan fingerprint density at radius 2 is 1.96 bits per heavy atom. The Morgan fingerprint density at radius 3 is 2.68 bits per heavy atom. The zero-order valence-corrected chi connectivity index (χ0v) is 16.9. The van der Waals surface area contributed by atoms with Crippen LogP contribution in [0.5, 0.6) is 0 Å². The number of nitrogens with zero attached hydrogens (tertiary/aromatic N) is 5. The van der Waals surface area contributed by atoms with Gasteiger partial charge >= 0.3 is 0 Å². The number of fused-ring (bicyclic) bond motifs is 1. The number of pyridine rings is 1. The third kappa shape index (κ3) is 3.67. The van der Waals surface area contributed by atoms with Gasteiger partial charge in [-0.2, -0.15) is 10.1 Å². The molecule has 0 aromatic carbocycles. The molecule has 4 heterocycles. The first-order valence-electron chi connectivity index (χ1n) is 8.78. The highest BCUT2D eigenvalue weighted by molar-refractivity contribution is 7.17. The van der Waals surface area contributed by atoms with Crippen molar-refractivity contribution in [2.75, 3.05) is 10.6 Å². The number of rotatable bonds is 5. The predicted octanol–water partition coefficient (Wildman–Crippen LogP) is 3.84. The van der Waals surface area contributed by atoms with Crippen LogP contribution in [-0.2, 0) is 12.6 Å². The van der Waals surface area contributed by atoms with Crippen LogP contribution in [0, 0.1) is 6.92 Å². The summed E-state index contributed by atoms with van der Waals surface area (Å²) in [6.45, 7) is 5.45. The molecule has 0 saturated heterocycles. The van der Waals surface area contributed by atoms with Crippen molar-refractivity contribution in [1.82, 2.24) is 24.7 Å². The van der Waals surface area contributed by atoms with Crippen LogP contribution in [-0.4, -0.2) is 29.8 Å². The van der Waals surface area contributed by atoms with E-state index in [4.69, 9.17) is 0 Å². The maximum Gasteiger partial charge on any atom is 0.230 e. The molecule has 0 fully saturated rings. The smallest absolute Gasteiger partial charge is 0.230 e. The van der Waals surface area contributed by atoms with Gasteiger partial charge in [0, 0.05) is 13.2 Å². The molecular weight excluding hydrogens is 374 g/mol. The molecule has 8 nitrogen and oxygen atoms in total. The fourth-order valence-corrected chi connectivity index (χ4v) is 3.73. The molecule has 0 atom stereocenters. The second kappa shape index (κ2) is 6.84. The molecule has 9 heteroatoms. The van der Waals surface area contributed by atoms with E-state index < -0.39 is 5.60 Å². The Balaban J connectivity index is 1.74. The summed E-state index contributed by atoms with van der Waals surface area (Å²) in [6, 6.07) is 5.50. The molecule has 0 aliphatic rings. The predicted molar refractivity (Wildman–Crippen MR) is 111 cm³/mol. The zero-order chi connectivity index (χ0) is 19.9. The van der Waals surface area contributed by atoms with E-state index in [9.17, 15) is 5.11 Å². The largest absolute Gasteiger partial charge is 0.384 e. The molecule has 3 N–H and O–H groups in total. The van der Waals surface area contributed by atoms with Crippen molar-refractivity contribution in [2.45, 2.75) is 26.4 Å². The van der Waals surface area contributed by atoms with E-state index in [1.54, 1.807) is 42.1 Å². The summed E-state index contributed by atoms with van der Waals surface area (Å²) < 4.78 is 1.71. The van der Waals surface area contributed by atoms with Crippen molar-refractivity contribution in [2.24, 2.45) is 7.05 Å². The molecular formula is C19H21N7OS. The molecule has 0 unspecified atom stereocenters. The van der Waals surface area contributed by atoms with E-state index in [1.165, 1.54) is 0 Å². The molecule has 4 rings (SSSR count). The second-order valence-corrected chi connectivity index (χ2v) is 7.97. The van der Waals surface area contributed by atoms with Gasteiger partial charge in [0.15, 0.2) is 0 Å². The summed E-state index contributed by atoms with van der Waals surface area (Å²) in [5.41, 5.74) is 1.46. The van der Waals surface area contributed by atoms with Crippen molar-refractivity contribution in [3.05, 3.63) is 47.2 Å². The number of anilines is 4. The normalized spacial score (nSPS) is 11.8. The van der Waals surface area contributed by atoms with Gasteiger partial charge < -0.3 is 15.7 Å². The number of aryl methyl sites for hydroxylation is 2. The van der Waals surface area contributed by atoms with E-state index in [0.717, 1.165) is 21.5 Å². The van der Waals surface area contributed by atoms with Crippen LogP contribution in [0.3, 0.4) is 0 Å². The summed E-state index contributed by atoms with van der Waals surface area (Å²) in [5, 5.41) is 23.9. The first-order valence-corrected chi connectivity index (χ1v) is 9.66. The summed E-state index contributed by atoms with van der Waals surface area (Å²) in [6.07, 6.45) is 3.57. The lowest BCUT2D eigenvalue weighted by Gasteiger charge is -2.17. The van der Waals surface area contributed by atoms with Crippen molar-refractivity contribution in [3.8, 4) is 0 Å². The molecule has 0 aliphatic heterocycles. The molecule has 0 radical (unpaired) electrons. The molecule has 144 valence electrons. The number of nitrogens with one attached hydrogen (secondary N) is 2.